The largest absolute Gasteiger partial charge is 0.497 e. The lowest BCUT2D eigenvalue weighted by Crippen LogP contribution is -2.29. The van der Waals surface area contributed by atoms with Crippen LogP contribution in [0, 0.1) is 18.3 Å². The van der Waals surface area contributed by atoms with E-state index in [0.29, 0.717) is 18.5 Å². The molecule has 4 heteroatoms. The summed E-state index contributed by atoms with van der Waals surface area (Å²) in [6.07, 6.45) is 0.709. The van der Waals surface area contributed by atoms with Crippen LogP contribution in [0.3, 0.4) is 0 Å². The zero-order valence-electron chi connectivity index (χ0n) is 13.2. The lowest BCUT2D eigenvalue weighted by Gasteiger charge is -2.20. The van der Waals surface area contributed by atoms with Gasteiger partial charge in [0.25, 0.3) is 5.91 Å². The van der Waals surface area contributed by atoms with E-state index in [9.17, 15) is 10.1 Å². The van der Waals surface area contributed by atoms with Crippen LogP contribution < -0.4 is 4.74 Å². The van der Waals surface area contributed by atoms with E-state index < -0.39 is 6.04 Å². The maximum Gasteiger partial charge on any atom is 0.255 e. The number of hydrogen-bond donors (Lipinski definition) is 0. The highest BCUT2D eigenvalue weighted by Crippen LogP contribution is 2.33. The molecular weight excluding hydrogens is 288 g/mol. The van der Waals surface area contributed by atoms with Crippen molar-refractivity contribution in [2.45, 2.75) is 19.4 Å². The van der Waals surface area contributed by atoms with Gasteiger partial charge in [-0.25, -0.2) is 0 Å². The number of benzene rings is 2. The third-order valence-corrected chi connectivity index (χ3v) is 4.23. The summed E-state index contributed by atoms with van der Waals surface area (Å²) in [5.41, 5.74) is 3.65. The van der Waals surface area contributed by atoms with Crippen molar-refractivity contribution in [3.63, 3.8) is 0 Å². The molecule has 1 unspecified atom stereocenters. The Kier molecular flexibility index (Phi) is 4.03. The summed E-state index contributed by atoms with van der Waals surface area (Å²) in [5, 5.41) is 9.50. The smallest absolute Gasteiger partial charge is 0.255 e. The maximum atomic E-state index is 12.6. The first kappa shape index (κ1) is 15.1. The zero-order chi connectivity index (χ0) is 16.4. The fourth-order valence-electron chi connectivity index (χ4n) is 2.95. The number of carbonyl (C=O) groups is 1. The SMILES string of the molecule is COc1ccc(CCN2C(=O)c3ccc(C)cc3C2C#N)cc1. The molecule has 3 rings (SSSR count). The zero-order valence-corrected chi connectivity index (χ0v) is 13.2. The molecule has 2 aromatic rings. The fourth-order valence-corrected chi connectivity index (χ4v) is 2.95. The molecular formula is C19H18N2O2. The van der Waals surface area contributed by atoms with Crippen LogP contribution >= 0.6 is 0 Å². The van der Waals surface area contributed by atoms with Crippen LogP contribution in [0.25, 0.3) is 0 Å². The highest BCUT2D eigenvalue weighted by Gasteiger charge is 2.36. The fraction of sp³-hybridized carbons (Fsp3) is 0.263. The topological polar surface area (TPSA) is 53.3 Å². The van der Waals surface area contributed by atoms with Crippen molar-refractivity contribution < 1.29 is 9.53 Å². The number of carbonyl (C=O) groups excluding carboxylic acids is 1. The Morgan fingerprint density at radius 1 is 1.22 bits per heavy atom. The predicted octanol–water partition coefficient (Wildman–Crippen LogP) is 3.27. The summed E-state index contributed by atoms with van der Waals surface area (Å²) < 4.78 is 5.14. The van der Waals surface area contributed by atoms with Gasteiger partial charge in [0.15, 0.2) is 0 Å². The maximum absolute atomic E-state index is 12.6. The van der Waals surface area contributed by atoms with E-state index >= 15 is 0 Å². The summed E-state index contributed by atoms with van der Waals surface area (Å²) in [6, 6.07) is 15.2. The number of fused-ring (bicyclic) bond motifs is 1. The Balaban J connectivity index is 1.78. The number of amides is 1. The number of nitriles is 1. The van der Waals surface area contributed by atoms with E-state index in [0.717, 1.165) is 22.4 Å². The Morgan fingerprint density at radius 3 is 2.61 bits per heavy atom. The number of methoxy groups -OCH3 is 1. The van der Waals surface area contributed by atoms with Crippen LogP contribution in [0.5, 0.6) is 5.75 Å². The first-order valence-corrected chi connectivity index (χ1v) is 7.58. The van der Waals surface area contributed by atoms with Crippen molar-refractivity contribution in [3.8, 4) is 11.8 Å². The lowest BCUT2D eigenvalue weighted by atomic mass is 10.0. The van der Waals surface area contributed by atoms with E-state index in [1.165, 1.54) is 0 Å². The normalized spacial score (nSPS) is 16.1. The minimum absolute atomic E-state index is 0.0555. The molecule has 0 bridgehead atoms. The van der Waals surface area contributed by atoms with E-state index in [1.807, 2.05) is 49.4 Å². The average molecular weight is 306 g/mol. The van der Waals surface area contributed by atoms with Gasteiger partial charge in [-0.1, -0.05) is 29.8 Å². The first-order valence-electron chi connectivity index (χ1n) is 7.58. The Bertz CT molecular complexity index is 775. The molecule has 1 aliphatic heterocycles. The molecule has 0 aliphatic carbocycles. The Hall–Kier alpha value is -2.80. The summed E-state index contributed by atoms with van der Waals surface area (Å²) in [7, 11) is 1.63. The first-order chi connectivity index (χ1) is 11.1. The molecule has 0 saturated heterocycles. The van der Waals surface area contributed by atoms with E-state index in [-0.39, 0.29) is 5.91 Å². The molecule has 0 spiro atoms. The van der Waals surface area contributed by atoms with Gasteiger partial charge in [-0.15, -0.1) is 0 Å². The van der Waals surface area contributed by atoms with Gasteiger partial charge in [0.2, 0.25) is 0 Å². The van der Waals surface area contributed by atoms with E-state index in [4.69, 9.17) is 4.74 Å². The van der Waals surface area contributed by atoms with Crippen LogP contribution in [0.4, 0.5) is 0 Å². The van der Waals surface area contributed by atoms with Gasteiger partial charge in [0.1, 0.15) is 11.8 Å². The molecule has 2 aromatic carbocycles. The quantitative estimate of drug-likeness (QED) is 0.871. The van der Waals surface area contributed by atoms with Crippen molar-refractivity contribution in [2.75, 3.05) is 13.7 Å². The molecule has 23 heavy (non-hydrogen) atoms. The van der Waals surface area contributed by atoms with Crippen molar-refractivity contribution >= 4 is 5.91 Å². The molecule has 116 valence electrons. The molecule has 0 radical (unpaired) electrons. The number of rotatable bonds is 4. The van der Waals surface area contributed by atoms with Gasteiger partial charge in [0, 0.05) is 17.7 Å². The molecule has 0 N–H and O–H groups in total. The highest BCUT2D eigenvalue weighted by atomic mass is 16.5. The van der Waals surface area contributed by atoms with Crippen LogP contribution in [-0.2, 0) is 6.42 Å². The number of hydrogen-bond acceptors (Lipinski definition) is 3. The minimum Gasteiger partial charge on any atom is -0.497 e. The summed E-state index contributed by atoms with van der Waals surface area (Å²) in [5.74, 6) is 0.754. The van der Waals surface area contributed by atoms with Gasteiger partial charge in [-0.3, -0.25) is 4.79 Å². The second-order valence-corrected chi connectivity index (χ2v) is 5.72. The predicted molar refractivity (Wildman–Crippen MR) is 87.3 cm³/mol. The van der Waals surface area contributed by atoms with Gasteiger partial charge in [-0.2, -0.15) is 5.26 Å². The van der Waals surface area contributed by atoms with E-state index in [2.05, 4.69) is 6.07 Å². The Morgan fingerprint density at radius 2 is 1.96 bits per heavy atom. The molecule has 0 fully saturated rings. The van der Waals surface area contributed by atoms with Crippen LogP contribution in [-0.4, -0.2) is 24.5 Å². The number of aryl methyl sites for hydroxylation is 1. The van der Waals surface area contributed by atoms with Gasteiger partial charge in [-0.05, 0) is 37.1 Å². The molecule has 1 heterocycles. The van der Waals surface area contributed by atoms with Crippen LogP contribution in [0.15, 0.2) is 42.5 Å². The van der Waals surface area contributed by atoms with Crippen molar-refractivity contribution in [1.29, 1.82) is 5.26 Å². The van der Waals surface area contributed by atoms with Crippen molar-refractivity contribution in [3.05, 3.63) is 64.7 Å². The standard InChI is InChI=1S/C19H18N2O2/c1-13-3-8-16-17(11-13)18(12-20)21(19(16)22)10-9-14-4-6-15(23-2)7-5-14/h3-8,11,18H,9-10H2,1-2H3. The number of ether oxygens (including phenoxy) is 1. The van der Waals surface area contributed by atoms with Crippen LogP contribution in [0.1, 0.15) is 33.1 Å². The summed E-state index contributed by atoms with van der Waals surface area (Å²) in [4.78, 5) is 14.2. The third-order valence-electron chi connectivity index (χ3n) is 4.23. The molecule has 4 nitrogen and oxygen atoms in total. The molecule has 0 saturated carbocycles. The van der Waals surface area contributed by atoms with Crippen LogP contribution in [0.2, 0.25) is 0 Å². The Labute approximate surface area is 135 Å². The molecule has 0 aromatic heterocycles. The number of nitrogens with zero attached hydrogens (tertiary/aromatic N) is 2. The van der Waals surface area contributed by atoms with E-state index in [1.54, 1.807) is 12.0 Å². The summed E-state index contributed by atoms with van der Waals surface area (Å²) >= 11 is 0. The van der Waals surface area contributed by atoms with Gasteiger partial charge >= 0.3 is 0 Å². The van der Waals surface area contributed by atoms with Crippen molar-refractivity contribution in [1.82, 2.24) is 4.90 Å². The van der Waals surface area contributed by atoms with Gasteiger partial charge < -0.3 is 9.64 Å². The van der Waals surface area contributed by atoms with Crippen molar-refractivity contribution in [2.24, 2.45) is 0 Å². The average Bonchev–Trinajstić information content (AvgIpc) is 2.84. The lowest BCUT2D eigenvalue weighted by molar-refractivity contribution is 0.0759. The highest BCUT2D eigenvalue weighted by molar-refractivity contribution is 5.99. The van der Waals surface area contributed by atoms with Gasteiger partial charge in [0.05, 0.1) is 13.2 Å². The minimum atomic E-state index is -0.490. The monoisotopic (exact) mass is 306 g/mol. The summed E-state index contributed by atoms with van der Waals surface area (Å²) in [6.45, 7) is 2.50. The third kappa shape index (κ3) is 2.78. The second-order valence-electron chi connectivity index (χ2n) is 5.72. The molecule has 1 aliphatic rings. The molecule has 1 atom stereocenters. The second kappa shape index (κ2) is 6.13. The molecule has 1 amide bonds.